The van der Waals surface area contributed by atoms with E-state index in [1.165, 1.54) is 35.5 Å². The van der Waals surface area contributed by atoms with Crippen LogP contribution in [0.1, 0.15) is 28.7 Å². The maximum Gasteiger partial charge on any atom is 0.416 e. The Morgan fingerprint density at radius 1 is 1.00 bits per heavy atom. The molecule has 2 aromatic carbocycles. The van der Waals surface area contributed by atoms with Gasteiger partial charge in [-0.15, -0.1) is 0 Å². The summed E-state index contributed by atoms with van der Waals surface area (Å²) in [6, 6.07) is 6.23. The molecule has 0 bridgehead atoms. The van der Waals surface area contributed by atoms with Gasteiger partial charge in [0.2, 0.25) is 10.0 Å². The van der Waals surface area contributed by atoms with Crippen molar-refractivity contribution in [2.75, 3.05) is 39.5 Å². The number of hydrogen-bond acceptors (Lipinski definition) is 8. The first-order chi connectivity index (χ1) is 19.6. The quantitative estimate of drug-likeness (QED) is 0.421. The van der Waals surface area contributed by atoms with Gasteiger partial charge in [-0.1, -0.05) is 23.9 Å². The lowest BCUT2D eigenvalue weighted by Gasteiger charge is -2.34. The molecular formula is C26H29F6N3O5S2. The van der Waals surface area contributed by atoms with E-state index in [1.807, 2.05) is 4.90 Å². The lowest BCUT2D eigenvalue weighted by atomic mass is 10.0. The van der Waals surface area contributed by atoms with Crippen LogP contribution in [0.2, 0.25) is 0 Å². The van der Waals surface area contributed by atoms with Crippen LogP contribution >= 0.6 is 11.8 Å². The van der Waals surface area contributed by atoms with Crippen molar-refractivity contribution in [2.24, 2.45) is 4.99 Å². The SMILES string of the molecule is COc1cc(CCC2SC(N3CCN(S(C)(=O)=O)CC3)=NC2O)ccc1OCc1ccc(C(F)(F)F)cc1C(F)(F)F. The number of methoxy groups -OCH3 is 1. The van der Waals surface area contributed by atoms with Gasteiger partial charge in [0.25, 0.3) is 0 Å². The number of hydrogen-bond donors (Lipinski definition) is 1. The number of nitrogens with zero attached hydrogens (tertiary/aromatic N) is 3. The first kappa shape index (κ1) is 32.2. The van der Waals surface area contributed by atoms with E-state index in [0.717, 1.165) is 11.6 Å². The van der Waals surface area contributed by atoms with Crippen molar-refractivity contribution in [3.8, 4) is 11.5 Å². The predicted molar refractivity (Wildman–Crippen MR) is 145 cm³/mol. The number of alkyl halides is 6. The topological polar surface area (TPSA) is 91.7 Å². The Morgan fingerprint density at radius 3 is 2.29 bits per heavy atom. The van der Waals surface area contributed by atoms with Crippen molar-refractivity contribution in [3.63, 3.8) is 0 Å². The number of sulfonamides is 1. The van der Waals surface area contributed by atoms with Crippen molar-refractivity contribution in [1.82, 2.24) is 9.21 Å². The van der Waals surface area contributed by atoms with E-state index in [9.17, 15) is 39.9 Å². The van der Waals surface area contributed by atoms with Crippen molar-refractivity contribution in [1.29, 1.82) is 0 Å². The molecule has 2 atom stereocenters. The molecule has 2 heterocycles. The number of benzene rings is 2. The molecule has 2 unspecified atom stereocenters. The van der Waals surface area contributed by atoms with Crippen molar-refractivity contribution < 1.29 is 49.3 Å². The zero-order valence-electron chi connectivity index (χ0n) is 22.6. The number of rotatable bonds is 8. The standard InChI is InChI=1S/C26H29F6N3O5S2/c1-39-21-13-16(4-8-22-23(36)33-24(41-22)34-9-11-35(12-10-34)42(2,37)38)3-7-20(21)40-15-17-5-6-18(25(27,28)29)14-19(17)26(30,31)32/h3,5-7,13-14,22-23,36H,4,8-12,15H2,1-2H3. The second-order valence-corrected chi connectivity index (χ2v) is 13.0. The molecule has 8 nitrogen and oxygen atoms in total. The minimum atomic E-state index is -5.01. The van der Waals surface area contributed by atoms with Gasteiger partial charge in [0.15, 0.2) is 22.9 Å². The minimum Gasteiger partial charge on any atom is -0.493 e. The second-order valence-electron chi connectivity index (χ2n) is 9.81. The number of thioether (sulfide) groups is 1. The van der Waals surface area contributed by atoms with Crippen LogP contribution in [0.25, 0.3) is 0 Å². The smallest absolute Gasteiger partial charge is 0.416 e. The van der Waals surface area contributed by atoms with E-state index in [-0.39, 0.29) is 22.8 Å². The number of amidine groups is 1. The third kappa shape index (κ3) is 7.82. The minimum absolute atomic E-state index is 0.0686. The van der Waals surface area contributed by atoms with Gasteiger partial charge in [-0.3, -0.25) is 0 Å². The van der Waals surface area contributed by atoms with Crippen LogP contribution in [0.15, 0.2) is 41.4 Å². The van der Waals surface area contributed by atoms with E-state index in [2.05, 4.69) is 4.99 Å². The van der Waals surface area contributed by atoms with E-state index < -0.39 is 51.9 Å². The Morgan fingerprint density at radius 2 is 1.69 bits per heavy atom. The molecule has 1 N–H and O–H groups in total. The maximum atomic E-state index is 13.5. The Bertz CT molecular complexity index is 1410. The van der Waals surface area contributed by atoms with Crippen molar-refractivity contribution >= 4 is 27.0 Å². The number of aliphatic imine (C=N–C) groups is 1. The lowest BCUT2D eigenvalue weighted by Crippen LogP contribution is -2.49. The van der Waals surface area contributed by atoms with Crippen LogP contribution in [-0.2, 0) is 35.4 Å². The summed E-state index contributed by atoms with van der Waals surface area (Å²) in [5.74, 6) is 0.344. The highest BCUT2D eigenvalue weighted by atomic mass is 32.2. The van der Waals surface area contributed by atoms with Crippen LogP contribution in [-0.4, -0.2) is 78.9 Å². The summed E-state index contributed by atoms with van der Waals surface area (Å²) in [6.45, 7) is 0.974. The normalized spacial score (nSPS) is 20.5. The average molecular weight is 642 g/mol. The third-order valence-corrected chi connectivity index (χ3v) is 9.54. The average Bonchev–Trinajstić information content (AvgIpc) is 3.29. The first-order valence-electron chi connectivity index (χ1n) is 12.8. The number of piperazine rings is 1. The van der Waals surface area contributed by atoms with Crippen LogP contribution in [0, 0.1) is 0 Å². The Kier molecular flexibility index (Phi) is 9.59. The molecule has 0 aromatic heterocycles. The number of ether oxygens (including phenoxy) is 2. The molecule has 1 saturated heterocycles. The van der Waals surface area contributed by atoms with Gasteiger partial charge in [-0.25, -0.2) is 13.4 Å². The lowest BCUT2D eigenvalue weighted by molar-refractivity contribution is -0.143. The van der Waals surface area contributed by atoms with Gasteiger partial charge in [-0.2, -0.15) is 30.6 Å². The molecule has 0 saturated carbocycles. The van der Waals surface area contributed by atoms with E-state index in [0.29, 0.717) is 50.3 Å². The predicted octanol–water partition coefficient (Wildman–Crippen LogP) is 4.61. The zero-order valence-corrected chi connectivity index (χ0v) is 24.2. The molecule has 0 aliphatic carbocycles. The fourth-order valence-electron chi connectivity index (χ4n) is 4.59. The number of halogens is 6. The van der Waals surface area contributed by atoms with Crippen molar-refractivity contribution in [2.45, 2.75) is 43.3 Å². The maximum absolute atomic E-state index is 13.5. The number of aliphatic hydroxyl groups is 1. The fraction of sp³-hybridized carbons (Fsp3) is 0.500. The molecule has 0 radical (unpaired) electrons. The number of aryl methyl sites for hydroxylation is 1. The monoisotopic (exact) mass is 641 g/mol. The largest absolute Gasteiger partial charge is 0.493 e. The van der Waals surface area contributed by atoms with Crippen molar-refractivity contribution in [3.05, 3.63) is 58.7 Å². The third-order valence-electron chi connectivity index (χ3n) is 6.88. The highest BCUT2D eigenvalue weighted by Gasteiger charge is 2.38. The van der Waals surface area contributed by atoms with Gasteiger partial charge in [0, 0.05) is 31.7 Å². The molecule has 2 aliphatic heterocycles. The Balaban J connectivity index is 1.35. The van der Waals surface area contributed by atoms with Gasteiger partial charge in [-0.05, 0) is 42.7 Å². The van der Waals surface area contributed by atoms with E-state index in [1.54, 1.807) is 12.1 Å². The van der Waals surface area contributed by atoms with Crippen LogP contribution in [0.5, 0.6) is 11.5 Å². The first-order valence-corrected chi connectivity index (χ1v) is 15.5. The van der Waals surface area contributed by atoms with Crippen LogP contribution in [0.3, 0.4) is 0 Å². The summed E-state index contributed by atoms with van der Waals surface area (Å²) in [5, 5.41) is 10.9. The van der Waals surface area contributed by atoms with Crippen LogP contribution < -0.4 is 9.47 Å². The summed E-state index contributed by atoms with van der Waals surface area (Å²) in [6.07, 6.45) is -8.66. The fourth-order valence-corrected chi connectivity index (χ4v) is 6.61. The van der Waals surface area contributed by atoms with Gasteiger partial charge >= 0.3 is 12.4 Å². The molecule has 16 heteroatoms. The molecule has 2 aromatic rings. The molecule has 1 fully saturated rings. The second kappa shape index (κ2) is 12.5. The molecular weight excluding hydrogens is 612 g/mol. The number of aliphatic hydroxyl groups excluding tert-OH is 1. The molecule has 4 rings (SSSR count). The van der Waals surface area contributed by atoms with Gasteiger partial charge < -0.3 is 19.5 Å². The Labute approximate surface area is 243 Å². The molecule has 2 aliphatic rings. The summed E-state index contributed by atoms with van der Waals surface area (Å²) >= 11 is 1.42. The summed E-state index contributed by atoms with van der Waals surface area (Å²) in [7, 11) is -1.91. The van der Waals surface area contributed by atoms with Gasteiger partial charge in [0.1, 0.15) is 6.61 Å². The highest BCUT2D eigenvalue weighted by Crippen LogP contribution is 2.39. The van der Waals surface area contributed by atoms with Gasteiger partial charge in [0.05, 0.1) is 29.7 Å². The van der Waals surface area contributed by atoms with E-state index >= 15 is 0 Å². The molecule has 0 spiro atoms. The Hall–Kier alpha value is -2.69. The summed E-state index contributed by atoms with van der Waals surface area (Å²) in [5.41, 5.74) is -2.49. The molecule has 42 heavy (non-hydrogen) atoms. The van der Waals surface area contributed by atoms with Crippen LogP contribution in [0.4, 0.5) is 26.3 Å². The highest BCUT2D eigenvalue weighted by molar-refractivity contribution is 8.14. The zero-order chi connectivity index (χ0) is 30.9. The van der Waals surface area contributed by atoms with E-state index in [4.69, 9.17) is 9.47 Å². The molecule has 232 valence electrons. The molecule has 0 amide bonds. The summed E-state index contributed by atoms with van der Waals surface area (Å²) < 4.78 is 115. The summed E-state index contributed by atoms with van der Waals surface area (Å²) in [4.78, 5) is 6.29.